The molecule has 1 rings (SSSR count). The minimum absolute atomic E-state index is 0.0176. The topological polar surface area (TPSA) is 49.3 Å². The molecule has 0 saturated heterocycles. The summed E-state index contributed by atoms with van der Waals surface area (Å²) >= 11 is 0. The van der Waals surface area contributed by atoms with Gasteiger partial charge in [-0.3, -0.25) is 4.79 Å². The molecule has 1 fully saturated rings. The van der Waals surface area contributed by atoms with Gasteiger partial charge >= 0.3 is 0 Å². The normalized spacial score (nSPS) is 24.6. The van der Waals surface area contributed by atoms with Crippen molar-refractivity contribution in [1.82, 2.24) is 5.32 Å². The molecule has 4 heteroatoms. The predicted octanol–water partition coefficient (Wildman–Crippen LogP) is 3.25. The van der Waals surface area contributed by atoms with E-state index in [2.05, 4.69) is 5.32 Å². The van der Waals surface area contributed by atoms with Gasteiger partial charge in [0.15, 0.2) is 0 Å². The van der Waals surface area contributed by atoms with Crippen LogP contribution in [-0.4, -0.2) is 23.7 Å². The Hall–Kier alpha value is -1.16. The molecule has 1 saturated carbocycles. The van der Waals surface area contributed by atoms with Crippen molar-refractivity contribution in [2.45, 2.75) is 58.4 Å². The summed E-state index contributed by atoms with van der Waals surface area (Å²) in [7, 11) is 0. The molecule has 3 nitrogen and oxygen atoms in total. The molecule has 114 valence electrons. The number of carbonyl (C=O) groups excluding carboxylic acids is 1. The van der Waals surface area contributed by atoms with Crippen molar-refractivity contribution >= 4 is 5.91 Å². The molecule has 2 unspecified atom stereocenters. The van der Waals surface area contributed by atoms with Crippen LogP contribution in [0.5, 0.6) is 0 Å². The quantitative estimate of drug-likeness (QED) is 0.735. The van der Waals surface area contributed by atoms with E-state index in [-0.39, 0.29) is 30.3 Å². The van der Waals surface area contributed by atoms with E-state index in [4.69, 9.17) is 0 Å². The number of carbonyl (C=O) groups is 1. The smallest absolute Gasteiger partial charge is 0.220 e. The highest BCUT2D eigenvalue weighted by Crippen LogP contribution is 2.24. The van der Waals surface area contributed by atoms with E-state index < -0.39 is 0 Å². The van der Waals surface area contributed by atoms with Crippen LogP contribution in [0.25, 0.3) is 0 Å². The van der Waals surface area contributed by atoms with Crippen LogP contribution in [0.1, 0.15) is 52.4 Å². The van der Waals surface area contributed by atoms with Gasteiger partial charge in [0.05, 0.1) is 5.83 Å². The molecule has 1 aliphatic carbocycles. The Kier molecular flexibility index (Phi) is 7.52. The van der Waals surface area contributed by atoms with Crippen molar-refractivity contribution in [2.24, 2.45) is 5.92 Å². The molecule has 1 aliphatic rings. The largest absolute Gasteiger partial charge is 0.396 e. The Labute approximate surface area is 120 Å². The van der Waals surface area contributed by atoms with E-state index in [1.807, 2.05) is 6.92 Å². The van der Waals surface area contributed by atoms with Crippen molar-refractivity contribution in [3.63, 3.8) is 0 Å². The minimum Gasteiger partial charge on any atom is -0.396 e. The van der Waals surface area contributed by atoms with Crippen LogP contribution in [0.2, 0.25) is 0 Å². The fourth-order valence-electron chi connectivity index (χ4n) is 2.55. The lowest BCUT2D eigenvalue weighted by Crippen LogP contribution is -2.43. The van der Waals surface area contributed by atoms with Crippen molar-refractivity contribution in [2.75, 3.05) is 6.61 Å². The zero-order valence-corrected chi connectivity index (χ0v) is 12.5. The van der Waals surface area contributed by atoms with Crippen molar-refractivity contribution in [3.05, 3.63) is 23.6 Å². The number of hydrogen-bond donors (Lipinski definition) is 2. The molecule has 20 heavy (non-hydrogen) atoms. The summed E-state index contributed by atoms with van der Waals surface area (Å²) in [5, 5.41) is 12.3. The van der Waals surface area contributed by atoms with E-state index in [9.17, 15) is 14.3 Å². The second-order valence-electron chi connectivity index (χ2n) is 5.67. The maximum atomic E-state index is 12.6. The van der Waals surface area contributed by atoms with Crippen LogP contribution in [0.15, 0.2) is 23.6 Å². The van der Waals surface area contributed by atoms with Crippen LogP contribution in [0, 0.1) is 5.92 Å². The monoisotopic (exact) mass is 283 g/mol. The molecule has 2 atom stereocenters. The second kappa shape index (κ2) is 8.90. The number of rotatable bonds is 6. The molecule has 0 radical (unpaired) electrons. The first-order chi connectivity index (χ1) is 9.52. The van der Waals surface area contributed by atoms with Crippen LogP contribution < -0.4 is 5.32 Å². The van der Waals surface area contributed by atoms with Crippen LogP contribution in [0.4, 0.5) is 4.39 Å². The summed E-state index contributed by atoms with van der Waals surface area (Å²) in [6.45, 7) is 3.43. The van der Waals surface area contributed by atoms with E-state index >= 15 is 0 Å². The lowest BCUT2D eigenvalue weighted by atomic mass is 9.85. The Morgan fingerprint density at radius 1 is 1.25 bits per heavy atom. The first-order valence-electron chi connectivity index (χ1n) is 7.42. The number of nitrogens with one attached hydrogen (secondary N) is 1. The van der Waals surface area contributed by atoms with Gasteiger partial charge in [0, 0.05) is 25.0 Å². The third-order valence-corrected chi connectivity index (χ3v) is 3.83. The third kappa shape index (κ3) is 6.33. The maximum Gasteiger partial charge on any atom is 0.220 e. The summed E-state index contributed by atoms with van der Waals surface area (Å²) in [6.07, 6.45) is 8.35. The average molecular weight is 283 g/mol. The van der Waals surface area contributed by atoms with E-state index in [1.54, 1.807) is 6.08 Å². The van der Waals surface area contributed by atoms with Gasteiger partial charge in [-0.05, 0) is 39.2 Å². The molecule has 1 amide bonds. The van der Waals surface area contributed by atoms with Crippen LogP contribution in [-0.2, 0) is 4.79 Å². The van der Waals surface area contributed by atoms with Gasteiger partial charge in [0.25, 0.3) is 0 Å². The van der Waals surface area contributed by atoms with Gasteiger partial charge in [-0.1, -0.05) is 24.5 Å². The summed E-state index contributed by atoms with van der Waals surface area (Å²) < 4.78 is 12.6. The van der Waals surface area contributed by atoms with Crippen LogP contribution >= 0.6 is 0 Å². The molecule has 0 aliphatic heterocycles. The maximum absolute atomic E-state index is 12.6. The van der Waals surface area contributed by atoms with Gasteiger partial charge < -0.3 is 10.4 Å². The van der Waals surface area contributed by atoms with Gasteiger partial charge in [-0.15, -0.1) is 0 Å². The van der Waals surface area contributed by atoms with Gasteiger partial charge in [-0.2, -0.15) is 0 Å². The number of hydrogen-bond acceptors (Lipinski definition) is 2. The summed E-state index contributed by atoms with van der Waals surface area (Å²) in [5.74, 6) is -0.0210. The highest BCUT2D eigenvalue weighted by Gasteiger charge is 2.25. The lowest BCUT2D eigenvalue weighted by Gasteiger charge is -2.30. The number of aliphatic hydroxyl groups excluding tert-OH is 1. The molecule has 0 aromatic heterocycles. The Balaban J connectivity index is 2.36. The number of aliphatic hydroxyl groups is 1. The number of amides is 1. The van der Waals surface area contributed by atoms with Crippen molar-refractivity contribution < 1.29 is 14.3 Å². The van der Waals surface area contributed by atoms with Crippen LogP contribution in [0.3, 0.4) is 0 Å². The lowest BCUT2D eigenvalue weighted by molar-refractivity contribution is -0.122. The molecule has 0 spiro atoms. The standard InChI is InChI=1S/C16H26FNO2/c1-12(7-9-13(2)17)8-10-16(20)18-15-6-4-3-5-14(15)11-19/h7,9,14-15,19H,3-6,8,10-11H2,1-2H3,(H,18,20)/b12-7+,13-9+. The third-order valence-electron chi connectivity index (χ3n) is 3.83. The van der Waals surface area contributed by atoms with E-state index in [0.717, 1.165) is 31.3 Å². The molecular weight excluding hydrogens is 257 g/mol. The Morgan fingerprint density at radius 3 is 2.60 bits per heavy atom. The first kappa shape index (κ1) is 16.9. The highest BCUT2D eigenvalue weighted by atomic mass is 19.1. The van der Waals surface area contributed by atoms with E-state index in [1.165, 1.54) is 13.0 Å². The van der Waals surface area contributed by atoms with Crippen molar-refractivity contribution in [3.8, 4) is 0 Å². The second-order valence-corrected chi connectivity index (χ2v) is 5.67. The van der Waals surface area contributed by atoms with Gasteiger partial charge in [-0.25, -0.2) is 4.39 Å². The molecule has 0 bridgehead atoms. The predicted molar refractivity (Wildman–Crippen MR) is 78.8 cm³/mol. The Bertz CT molecular complexity index is 373. The Morgan fingerprint density at radius 2 is 1.95 bits per heavy atom. The summed E-state index contributed by atoms with van der Waals surface area (Å²) in [5.41, 5.74) is 0.986. The average Bonchev–Trinajstić information content (AvgIpc) is 2.43. The summed E-state index contributed by atoms with van der Waals surface area (Å²) in [4.78, 5) is 11.9. The molecule has 2 N–H and O–H groups in total. The van der Waals surface area contributed by atoms with E-state index in [0.29, 0.717) is 12.8 Å². The highest BCUT2D eigenvalue weighted by molar-refractivity contribution is 5.76. The zero-order chi connectivity index (χ0) is 15.0. The molecule has 0 aromatic carbocycles. The number of halogens is 1. The van der Waals surface area contributed by atoms with Gasteiger partial charge in [0.1, 0.15) is 0 Å². The molecular formula is C16H26FNO2. The fourth-order valence-corrected chi connectivity index (χ4v) is 2.55. The molecule has 0 heterocycles. The minimum atomic E-state index is -0.234. The van der Waals surface area contributed by atoms with Crippen molar-refractivity contribution in [1.29, 1.82) is 0 Å². The number of allylic oxidation sites excluding steroid dienone is 4. The first-order valence-corrected chi connectivity index (χ1v) is 7.42. The summed E-state index contributed by atoms with van der Waals surface area (Å²) in [6, 6.07) is 0.110. The van der Waals surface area contributed by atoms with Gasteiger partial charge in [0.2, 0.25) is 5.91 Å². The molecule has 0 aromatic rings. The fraction of sp³-hybridized carbons (Fsp3) is 0.688. The SMILES string of the molecule is C/C(F)=C\C=C(/C)CCC(=O)NC1CCCCC1CO. The zero-order valence-electron chi connectivity index (χ0n) is 12.5.